The SMILES string of the molecule is O=S(=O)(CCCNC1CC1)NC1CCCSC1. The van der Waals surface area contributed by atoms with Gasteiger partial charge in [-0.25, -0.2) is 13.1 Å². The molecule has 0 amide bonds. The van der Waals surface area contributed by atoms with Crippen molar-refractivity contribution in [2.75, 3.05) is 23.8 Å². The van der Waals surface area contributed by atoms with Crippen molar-refractivity contribution in [2.45, 2.75) is 44.2 Å². The number of hydrogen-bond donors (Lipinski definition) is 2. The van der Waals surface area contributed by atoms with Gasteiger partial charge in [-0.3, -0.25) is 0 Å². The van der Waals surface area contributed by atoms with Gasteiger partial charge in [0.1, 0.15) is 0 Å². The summed E-state index contributed by atoms with van der Waals surface area (Å²) in [6.07, 6.45) is 5.34. The van der Waals surface area contributed by atoms with Crippen LogP contribution in [-0.4, -0.2) is 44.3 Å². The smallest absolute Gasteiger partial charge is 0.211 e. The highest BCUT2D eigenvalue weighted by Crippen LogP contribution is 2.19. The number of rotatable bonds is 7. The summed E-state index contributed by atoms with van der Waals surface area (Å²) in [5.74, 6) is 2.36. The second-order valence-corrected chi connectivity index (χ2v) is 7.96. The zero-order valence-corrected chi connectivity index (χ0v) is 11.8. The first-order valence-corrected chi connectivity index (χ1v) is 9.27. The minimum absolute atomic E-state index is 0.162. The highest BCUT2D eigenvalue weighted by Gasteiger charge is 2.22. The summed E-state index contributed by atoms with van der Waals surface area (Å²) < 4.78 is 26.4. The third-order valence-corrected chi connectivity index (χ3v) is 5.84. The van der Waals surface area contributed by atoms with Gasteiger partial charge >= 0.3 is 0 Å². The van der Waals surface area contributed by atoms with Crippen molar-refractivity contribution in [3.63, 3.8) is 0 Å². The predicted octanol–water partition coefficient (Wildman–Crippen LogP) is 0.943. The second-order valence-electron chi connectivity index (χ2n) is 4.93. The molecule has 0 spiro atoms. The van der Waals surface area contributed by atoms with Gasteiger partial charge in [0.15, 0.2) is 0 Å². The average Bonchev–Trinajstić information content (AvgIpc) is 3.09. The summed E-state index contributed by atoms with van der Waals surface area (Å²) in [7, 11) is -3.06. The molecular formula is C11H22N2O2S2. The first kappa shape index (κ1) is 13.6. The topological polar surface area (TPSA) is 58.2 Å². The van der Waals surface area contributed by atoms with Crippen molar-refractivity contribution in [3.8, 4) is 0 Å². The van der Waals surface area contributed by atoms with E-state index in [2.05, 4.69) is 10.0 Å². The third kappa shape index (κ3) is 5.59. The monoisotopic (exact) mass is 278 g/mol. The fourth-order valence-corrected chi connectivity index (χ4v) is 4.53. The Kier molecular flexibility index (Phi) is 5.14. The maximum atomic E-state index is 11.8. The van der Waals surface area contributed by atoms with E-state index < -0.39 is 10.0 Å². The molecule has 6 heteroatoms. The summed E-state index contributed by atoms with van der Waals surface area (Å²) in [4.78, 5) is 0. The molecule has 0 aromatic carbocycles. The van der Waals surface area contributed by atoms with Gasteiger partial charge in [-0.05, 0) is 44.4 Å². The van der Waals surface area contributed by atoms with E-state index in [-0.39, 0.29) is 11.8 Å². The van der Waals surface area contributed by atoms with Crippen LogP contribution in [-0.2, 0) is 10.0 Å². The van der Waals surface area contributed by atoms with Gasteiger partial charge in [0.2, 0.25) is 10.0 Å². The molecule has 2 aliphatic rings. The molecule has 0 radical (unpaired) electrons. The lowest BCUT2D eigenvalue weighted by molar-refractivity contribution is 0.539. The molecule has 17 heavy (non-hydrogen) atoms. The highest BCUT2D eigenvalue weighted by atomic mass is 32.2. The summed E-state index contributed by atoms with van der Waals surface area (Å²) in [6, 6.07) is 0.829. The van der Waals surface area contributed by atoms with Gasteiger partial charge < -0.3 is 5.32 Å². The molecular weight excluding hydrogens is 256 g/mol. The van der Waals surface area contributed by atoms with Gasteiger partial charge in [0.25, 0.3) is 0 Å². The van der Waals surface area contributed by atoms with Crippen LogP contribution in [0.2, 0.25) is 0 Å². The summed E-state index contributed by atoms with van der Waals surface area (Å²) >= 11 is 1.84. The second kappa shape index (κ2) is 6.41. The van der Waals surface area contributed by atoms with E-state index in [9.17, 15) is 8.42 Å². The Morgan fingerprint density at radius 2 is 2.00 bits per heavy atom. The number of hydrogen-bond acceptors (Lipinski definition) is 4. The minimum Gasteiger partial charge on any atom is -0.314 e. The molecule has 1 heterocycles. The Bertz CT molecular complexity index is 322. The summed E-state index contributed by atoms with van der Waals surface area (Å²) in [6.45, 7) is 0.824. The van der Waals surface area contributed by atoms with Crippen molar-refractivity contribution in [1.82, 2.24) is 10.0 Å². The van der Waals surface area contributed by atoms with E-state index in [1.165, 1.54) is 18.6 Å². The van der Waals surface area contributed by atoms with Crippen LogP contribution in [0.3, 0.4) is 0 Å². The maximum Gasteiger partial charge on any atom is 0.211 e. The van der Waals surface area contributed by atoms with Crippen molar-refractivity contribution in [1.29, 1.82) is 0 Å². The van der Waals surface area contributed by atoms with Crippen molar-refractivity contribution in [3.05, 3.63) is 0 Å². The molecule has 2 fully saturated rings. The van der Waals surface area contributed by atoms with Crippen molar-refractivity contribution >= 4 is 21.8 Å². The Morgan fingerprint density at radius 1 is 1.18 bits per heavy atom. The number of nitrogens with one attached hydrogen (secondary N) is 2. The molecule has 0 aromatic heterocycles. The Labute approximate surface area is 108 Å². The first-order chi connectivity index (χ1) is 8.16. The molecule has 2 rings (SSSR count). The van der Waals surface area contributed by atoms with E-state index in [0.29, 0.717) is 12.5 Å². The van der Waals surface area contributed by atoms with E-state index in [4.69, 9.17) is 0 Å². The van der Waals surface area contributed by atoms with Gasteiger partial charge in [0.05, 0.1) is 5.75 Å². The van der Waals surface area contributed by atoms with Crippen molar-refractivity contribution in [2.24, 2.45) is 0 Å². The highest BCUT2D eigenvalue weighted by molar-refractivity contribution is 7.99. The van der Waals surface area contributed by atoms with Crippen LogP contribution in [0.4, 0.5) is 0 Å². The lowest BCUT2D eigenvalue weighted by atomic mass is 10.2. The quantitative estimate of drug-likeness (QED) is 0.681. The predicted molar refractivity (Wildman–Crippen MR) is 72.9 cm³/mol. The van der Waals surface area contributed by atoms with Crippen LogP contribution in [0.15, 0.2) is 0 Å². The van der Waals surface area contributed by atoms with Crippen LogP contribution in [0.5, 0.6) is 0 Å². The molecule has 1 atom stereocenters. The zero-order valence-electron chi connectivity index (χ0n) is 10.2. The Balaban J connectivity index is 1.62. The average molecular weight is 278 g/mol. The Hall–Kier alpha value is 0.220. The maximum absolute atomic E-state index is 11.8. The fraction of sp³-hybridized carbons (Fsp3) is 1.00. The van der Waals surface area contributed by atoms with E-state index in [0.717, 1.165) is 25.1 Å². The van der Waals surface area contributed by atoms with Crippen LogP contribution in [0.1, 0.15) is 32.1 Å². The van der Waals surface area contributed by atoms with Crippen LogP contribution < -0.4 is 10.0 Å². The molecule has 1 aliphatic heterocycles. The summed E-state index contributed by atoms with van der Waals surface area (Å²) in [5.41, 5.74) is 0. The molecule has 1 unspecified atom stereocenters. The lowest BCUT2D eigenvalue weighted by Crippen LogP contribution is -2.40. The number of sulfonamides is 1. The lowest BCUT2D eigenvalue weighted by Gasteiger charge is -2.22. The van der Waals surface area contributed by atoms with Gasteiger partial charge in [0, 0.05) is 17.8 Å². The molecule has 0 aromatic rings. The van der Waals surface area contributed by atoms with Crippen LogP contribution >= 0.6 is 11.8 Å². The molecule has 1 saturated heterocycles. The minimum atomic E-state index is -3.06. The molecule has 1 aliphatic carbocycles. The van der Waals surface area contributed by atoms with Gasteiger partial charge in [-0.1, -0.05) is 0 Å². The normalized spacial score (nSPS) is 26.0. The first-order valence-electron chi connectivity index (χ1n) is 6.47. The Morgan fingerprint density at radius 3 is 2.65 bits per heavy atom. The molecule has 0 bridgehead atoms. The molecule has 1 saturated carbocycles. The van der Waals surface area contributed by atoms with Crippen molar-refractivity contribution < 1.29 is 8.42 Å². The van der Waals surface area contributed by atoms with E-state index >= 15 is 0 Å². The molecule has 2 N–H and O–H groups in total. The van der Waals surface area contributed by atoms with Gasteiger partial charge in [-0.2, -0.15) is 11.8 Å². The van der Waals surface area contributed by atoms with E-state index in [1.807, 2.05) is 11.8 Å². The fourth-order valence-electron chi connectivity index (χ4n) is 2.00. The summed E-state index contributed by atoms with van der Waals surface area (Å²) in [5, 5.41) is 3.34. The van der Waals surface area contributed by atoms with Gasteiger partial charge in [-0.15, -0.1) is 0 Å². The van der Waals surface area contributed by atoms with Crippen LogP contribution in [0, 0.1) is 0 Å². The number of thioether (sulfide) groups is 1. The largest absolute Gasteiger partial charge is 0.314 e. The molecule has 100 valence electrons. The molecule has 4 nitrogen and oxygen atoms in total. The van der Waals surface area contributed by atoms with Crippen LogP contribution in [0.25, 0.3) is 0 Å². The zero-order chi connectivity index (χ0) is 12.1. The van der Waals surface area contributed by atoms with E-state index in [1.54, 1.807) is 0 Å². The third-order valence-electron chi connectivity index (χ3n) is 3.11. The standard InChI is InChI=1S/C11H22N2O2S2/c14-17(15,8-2-6-12-10-4-5-10)13-11-3-1-7-16-9-11/h10-13H,1-9H2.